The molecular weight excluding hydrogens is 302 g/mol. The molecule has 0 unspecified atom stereocenters. The molecule has 0 rings (SSSR count). The Bertz CT molecular complexity index is 101. The van der Waals surface area contributed by atoms with Crippen molar-refractivity contribution in [2.75, 3.05) is 0 Å². The van der Waals surface area contributed by atoms with Crippen molar-refractivity contribution in [1.29, 1.82) is 0 Å². The van der Waals surface area contributed by atoms with Crippen LogP contribution in [0, 0.1) is 0 Å². The van der Waals surface area contributed by atoms with Crippen LogP contribution < -0.4 is 6.15 Å². The van der Waals surface area contributed by atoms with E-state index in [1.54, 1.807) is 0 Å². The summed E-state index contributed by atoms with van der Waals surface area (Å²) in [6, 6.07) is 0. The summed E-state index contributed by atoms with van der Waals surface area (Å²) in [6.45, 7) is 0. The fourth-order valence-corrected chi connectivity index (χ4v) is 0. The Morgan fingerprint density at radius 1 is 1.00 bits per heavy atom. The number of hydrogen-bond acceptors (Lipinski definition) is 3. The minimum Gasteiger partial charge on any atom is -0.412 e. The number of hydrogen-bond donors (Lipinski definition) is 3. The standard InChI is InChI=1S/Cu.Mo.H3N.H2O4S.2H2O/c;;;1-5(2,3)4;;/h;;1H3;(H2,1,2,3,4);2*1H2. The van der Waals surface area contributed by atoms with E-state index in [9.17, 15) is 0 Å². The van der Waals surface area contributed by atoms with Crippen molar-refractivity contribution in [1.82, 2.24) is 6.15 Å². The molecule has 0 amide bonds. The van der Waals surface area contributed by atoms with Gasteiger partial charge in [-0.15, -0.1) is 0 Å². The van der Waals surface area contributed by atoms with E-state index < -0.39 is 10.4 Å². The molecule has 0 aromatic heterocycles. The quantitative estimate of drug-likeness (QED) is 0.341. The van der Waals surface area contributed by atoms with Gasteiger partial charge in [0.15, 0.2) is 0 Å². The van der Waals surface area contributed by atoms with Gasteiger partial charge in [-0.2, -0.15) is 8.42 Å². The van der Waals surface area contributed by atoms with E-state index in [0.717, 1.165) is 0 Å². The molecule has 10 heavy (non-hydrogen) atoms. The van der Waals surface area contributed by atoms with Gasteiger partial charge in [0, 0.05) is 38.1 Å². The molecule has 0 spiro atoms. The molecule has 1 radical (unpaired) electrons. The Morgan fingerprint density at radius 3 is 1.00 bits per heavy atom. The van der Waals surface area contributed by atoms with Crippen molar-refractivity contribution in [3.63, 3.8) is 0 Å². The van der Waals surface area contributed by atoms with Crippen LogP contribution >= 0.6 is 0 Å². The zero-order valence-electron chi connectivity index (χ0n) is 4.54. The van der Waals surface area contributed by atoms with Crippen LogP contribution in [-0.2, 0) is 48.5 Å². The van der Waals surface area contributed by atoms with E-state index in [-0.39, 0.29) is 55.2 Å². The molecule has 7 nitrogen and oxygen atoms in total. The van der Waals surface area contributed by atoms with Gasteiger partial charge in [-0.3, -0.25) is 9.11 Å². The fourth-order valence-electron chi connectivity index (χ4n) is 0. The average Bonchev–Trinajstić information content (AvgIpc) is 0.722. The van der Waals surface area contributed by atoms with Crippen LogP contribution in [0.25, 0.3) is 0 Å². The Kier molecular flexibility index (Phi) is 73.0. The van der Waals surface area contributed by atoms with E-state index in [0.29, 0.717) is 0 Å². The van der Waals surface area contributed by atoms with Gasteiger partial charge in [0.1, 0.15) is 0 Å². The third kappa shape index (κ3) is 618. The Morgan fingerprint density at radius 2 is 1.00 bits per heavy atom. The van der Waals surface area contributed by atoms with Crippen molar-refractivity contribution in [3.8, 4) is 0 Å². The molecular formula is H9CuMoNO6S. The molecule has 73 valence electrons. The van der Waals surface area contributed by atoms with Crippen LogP contribution in [0.2, 0.25) is 0 Å². The van der Waals surface area contributed by atoms with Gasteiger partial charge in [-0.25, -0.2) is 0 Å². The van der Waals surface area contributed by atoms with Crippen molar-refractivity contribution in [2.24, 2.45) is 0 Å². The first kappa shape index (κ1) is 44.2. The smallest absolute Gasteiger partial charge is 0.394 e. The molecule has 0 saturated heterocycles. The van der Waals surface area contributed by atoms with Crippen molar-refractivity contribution < 1.29 is 66.6 Å². The van der Waals surface area contributed by atoms with Gasteiger partial charge in [0.25, 0.3) is 0 Å². The SMILES string of the molecule is N.O.O.O=S(=O)(O)O.[Cu].[Mo]. The van der Waals surface area contributed by atoms with Crippen LogP contribution in [0.5, 0.6) is 0 Å². The minimum atomic E-state index is -4.67. The van der Waals surface area contributed by atoms with E-state index >= 15 is 0 Å². The van der Waals surface area contributed by atoms with E-state index in [1.807, 2.05) is 0 Å². The first-order valence-corrected chi connectivity index (χ1v) is 2.10. The molecule has 0 fully saturated rings. The first-order valence-electron chi connectivity index (χ1n) is 0.698. The van der Waals surface area contributed by atoms with Crippen LogP contribution in [0.1, 0.15) is 0 Å². The molecule has 9 N–H and O–H groups in total. The monoisotopic (exact) mass is 312 g/mol. The van der Waals surface area contributed by atoms with Gasteiger partial charge in [0.2, 0.25) is 0 Å². The summed E-state index contributed by atoms with van der Waals surface area (Å²) in [5, 5.41) is 0. The summed E-state index contributed by atoms with van der Waals surface area (Å²) in [6.07, 6.45) is 0. The number of rotatable bonds is 0. The van der Waals surface area contributed by atoms with Gasteiger partial charge in [-0.05, 0) is 0 Å². The molecule has 0 aliphatic heterocycles. The third-order valence-corrected chi connectivity index (χ3v) is 0. The minimum absolute atomic E-state index is 0. The molecule has 0 bridgehead atoms. The summed E-state index contributed by atoms with van der Waals surface area (Å²) in [5.41, 5.74) is 0. The van der Waals surface area contributed by atoms with Crippen molar-refractivity contribution in [2.45, 2.75) is 0 Å². The van der Waals surface area contributed by atoms with Crippen molar-refractivity contribution >= 4 is 10.4 Å². The zero-order chi connectivity index (χ0) is 4.50. The molecule has 10 heteroatoms. The Balaban J connectivity index is -0.00000000800. The van der Waals surface area contributed by atoms with Gasteiger partial charge < -0.3 is 17.1 Å². The van der Waals surface area contributed by atoms with E-state index in [1.165, 1.54) is 0 Å². The normalized spacial score (nSPS) is 5.80. The van der Waals surface area contributed by atoms with Crippen LogP contribution in [0.4, 0.5) is 0 Å². The molecule has 0 saturated carbocycles. The molecule has 0 aliphatic carbocycles. The van der Waals surface area contributed by atoms with Gasteiger partial charge in [0.05, 0.1) is 0 Å². The summed E-state index contributed by atoms with van der Waals surface area (Å²) in [7, 11) is -4.67. The van der Waals surface area contributed by atoms with Gasteiger partial charge in [-0.1, -0.05) is 0 Å². The van der Waals surface area contributed by atoms with Crippen molar-refractivity contribution in [3.05, 3.63) is 0 Å². The average molecular weight is 311 g/mol. The van der Waals surface area contributed by atoms with E-state index in [2.05, 4.69) is 0 Å². The zero-order valence-corrected chi connectivity index (χ0v) is 8.30. The molecule has 0 heterocycles. The Hall–Kier alpha value is 0.958. The van der Waals surface area contributed by atoms with Crippen LogP contribution in [0.3, 0.4) is 0 Å². The molecule has 0 aliphatic rings. The maximum atomic E-state index is 8.74. The summed E-state index contributed by atoms with van der Waals surface area (Å²) in [5.74, 6) is 0. The second kappa shape index (κ2) is 16.5. The third-order valence-electron chi connectivity index (χ3n) is 0. The Labute approximate surface area is 83.1 Å². The summed E-state index contributed by atoms with van der Waals surface area (Å²) >= 11 is 0. The van der Waals surface area contributed by atoms with Crippen LogP contribution in [-0.4, -0.2) is 28.5 Å². The molecule has 0 atom stereocenters. The topological polar surface area (TPSA) is 173 Å². The second-order valence-electron chi connectivity index (χ2n) is 0.448. The summed E-state index contributed by atoms with van der Waals surface area (Å²) < 4.78 is 31.6. The van der Waals surface area contributed by atoms with E-state index in [4.69, 9.17) is 17.5 Å². The second-order valence-corrected chi connectivity index (χ2v) is 1.34. The predicted molar refractivity (Wildman–Crippen MR) is 26.4 cm³/mol. The van der Waals surface area contributed by atoms with Crippen LogP contribution in [0.15, 0.2) is 0 Å². The maximum Gasteiger partial charge on any atom is 0.394 e. The fraction of sp³-hybridized carbons (Fsp3) is 0. The van der Waals surface area contributed by atoms with Gasteiger partial charge >= 0.3 is 10.4 Å². The molecule has 0 aromatic carbocycles. The largest absolute Gasteiger partial charge is 0.412 e. The first-order chi connectivity index (χ1) is 2.00. The predicted octanol–water partition coefficient (Wildman–Crippen LogP) is -2.15. The summed E-state index contributed by atoms with van der Waals surface area (Å²) in [4.78, 5) is 0. The molecule has 0 aromatic rings. The maximum absolute atomic E-state index is 8.74.